The van der Waals surface area contributed by atoms with Crippen LogP contribution in [0.5, 0.6) is 5.75 Å². The average molecular weight is 287 g/mol. The molecule has 0 aliphatic rings. The summed E-state index contributed by atoms with van der Waals surface area (Å²) in [5.41, 5.74) is 2.54. The highest BCUT2D eigenvalue weighted by Gasteiger charge is 2.05. The number of hydrogen-bond acceptors (Lipinski definition) is 2. The van der Waals surface area contributed by atoms with Gasteiger partial charge in [0.05, 0.1) is 6.61 Å². The van der Waals surface area contributed by atoms with Crippen LogP contribution in [0.1, 0.15) is 30.3 Å². The van der Waals surface area contributed by atoms with Crippen LogP contribution in [0, 0.1) is 0 Å². The highest BCUT2D eigenvalue weighted by Crippen LogP contribution is 2.23. The molecule has 106 valence electrons. The molecule has 0 heterocycles. The maximum atomic E-state index is 5.59. The lowest BCUT2D eigenvalue weighted by atomic mass is 10.2. The Morgan fingerprint density at radius 3 is 2.40 bits per heavy atom. The Hall–Kier alpha value is -1.37. The lowest BCUT2D eigenvalue weighted by molar-refractivity contribution is 0.317. The van der Waals surface area contributed by atoms with Crippen LogP contribution in [0.2, 0.25) is 0 Å². The van der Waals surface area contributed by atoms with Crippen LogP contribution in [0.4, 0.5) is 0 Å². The number of hydrogen-bond donors (Lipinski definition) is 1. The lowest BCUT2D eigenvalue weighted by Crippen LogP contribution is -2.15. The van der Waals surface area contributed by atoms with Gasteiger partial charge in [-0.15, -0.1) is 9.24 Å². The van der Waals surface area contributed by atoms with E-state index in [9.17, 15) is 0 Å². The summed E-state index contributed by atoms with van der Waals surface area (Å²) < 4.78 is 5.59. The Balaban J connectivity index is 1.87. The molecular formula is C17H22NOP. The largest absolute Gasteiger partial charge is 0.494 e. The third kappa shape index (κ3) is 4.63. The van der Waals surface area contributed by atoms with Crippen LogP contribution in [0.3, 0.4) is 0 Å². The van der Waals surface area contributed by atoms with Crippen molar-refractivity contribution in [3.63, 3.8) is 0 Å². The molecule has 0 spiro atoms. The van der Waals surface area contributed by atoms with E-state index in [0.717, 1.165) is 25.3 Å². The number of ether oxygens (including phenoxy) is 1. The predicted octanol–water partition coefficient (Wildman–Crippen LogP) is 4.14. The van der Waals surface area contributed by atoms with Crippen molar-refractivity contribution >= 4 is 9.24 Å². The summed E-state index contributed by atoms with van der Waals surface area (Å²) in [4.78, 5) is 0. The Labute approximate surface area is 123 Å². The first-order chi connectivity index (χ1) is 9.79. The van der Waals surface area contributed by atoms with E-state index < -0.39 is 0 Å². The van der Waals surface area contributed by atoms with E-state index in [2.05, 4.69) is 57.9 Å². The molecule has 2 aromatic carbocycles. The number of benzene rings is 2. The Bertz CT molecular complexity index is 498. The highest BCUT2D eigenvalue weighted by molar-refractivity contribution is 7.17. The van der Waals surface area contributed by atoms with Crippen molar-refractivity contribution in [1.29, 1.82) is 0 Å². The Kier molecular flexibility index (Phi) is 6.04. The van der Waals surface area contributed by atoms with E-state index in [0.29, 0.717) is 0 Å². The molecule has 0 saturated carbocycles. The second-order valence-electron chi connectivity index (χ2n) is 4.76. The van der Waals surface area contributed by atoms with E-state index in [1.807, 2.05) is 18.2 Å². The predicted molar refractivity (Wildman–Crippen MR) is 88.0 cm³/mol. The van der Waals surface area contributed by atoms with Gasteiger partial charge in [0, 0.05) is 12.3 Å². The number of nitrogens with one attached hydrogen (secondary N) is 1. The van der Waals surface area contributed by atoms with Gasteiger partial charge in [0.25, 0.3) is 0 Å². The summed E-state index contributed by atoms with van der Waals surface area (Å²) in [6.07, 6.45) is 1.03. The van der Waals surface area contributed by atoms with Crippen LogP contribution < -0.4 is 10.1 Å². The molecule has 1 N–H and O–H groups in total. The minimum Gasteiger partial charge on any atom is -0.494 e. The molecule has 2 unspecified atom stereocenters. The van der Waals surface area contributed by atoms with Crippen molar-refractivity contribution in [3.8, 4) is 5.75 Å². The fourth-order valence-corrected chi connectivity index (χ4v) is 2.27. The van der Waals surface area contributed by atoms with Crippen LogP contribution in [-0.4, -0.2) is 6.61 Å². The van der Waals surface area contributed by atoms with Crippen LogP contribution in [-0.2, 0) is 6.54 Å². The molecule has 0 saturated heterocycles. The summed E-state index contributed by atoms with van der Waals surface area (Å²) in [5.74, 6) is 1.19. The standard InChI is InChI=1S/C17H22NOP/c1-2-12-19-16-10-8-15(9-11-16)17(20)18-13-14-6-4-3-5-7-14/h3-11,17-18H,2,12-13,20H2,1H3. The van der Waals surface area contributed by atoms with Gasteiger partial charge in [-0.25, -0.2) is 0 Å². The monoisotopic (exact) mass is 287 g/mol. The van der Waals surface area contributed by atoms with Crippen molar-refractivity contribution < 1.29 is 4.74 Å². The molecule has 0 radical (unpaired) electrons. The van der Waals surface area contributed by atoms with E-state index in [1.54, 1.807) is 0 Å². The molecule has 3 heteroatoms. The minimum atomic E-state index is 0.246. The molecule has 2 aromatic rings. The van der Waals surface area contributed by atoms with E-state index in [4.69, 9.17) is 4.74 Å². The molecule has 0 amide bonds. The molecule has 2 atom stereocenters. The summed E-state index contributed by atoms with van der Waals surface area (Å²) in [6, 6.07) is 18.7. The zero-order valence-electron chi connectivity index (χ0n) is 11.9. The van der Waals surface area contributed by atoms with Gasteiger partial charge >= 0.3 is 0 Å². The van der Waals surface area contributed by atoms with Crippen LogP contribution in [0.15, 0.2) is 54.6 Å². The Morgan fingerprint density at radius 1 is 1.05 bits per heavy atom. The van der Waals surface area contributed by atoms with Crippen molar-refractivity contribution in [3.05, 3.63) is 65.7 Å². The first-order valence-corrected chi connectivity index (χ1v) is 7.72. The van der Waals surface area contributed by atoms with Crippen molar-refractivity contribution in [1.82, 2.24) is 5.32 Å². The molecule has 0 aromatic heterocycles. The van der Waals surface area contributed by atoms with Gasteiger partial charge in [0.15, 0.2) is 0 Å². The average Bonchev–Trinajstić information content (AvgIpc) is 2.52. The van der Waals surface area contributed by atoms with Gasteiger partial charge in [-0.05, 0) is 29.7 Å². The zero-order chi connectivity index (χ0) is 14.2. The highest BCUT2D eigenvalue weighted by atomic mass is 31.0. The fraction of sp³-hybridized carbons (Fsp3) is 0.294. The third-order valence-corrected chi connectivity index (χ3v) is 3.70. The van der Waals surface area contributed by atoms with Crippen LogP contribution >= 0.6 is 9.24 Å². The normalized spacial score (nSPS) is 12.1. The topological polar surface area (TPSA) is 21.3 Å². The van der Waals surface area contributed by atoms with Gasteiger partial charge in [-0.1, -0.05) is 49.4 Å². The van der Waals surface area contributed by atoms with Crippen molar-refractivity contribution in [2.24, 2.45) is 0 Å². The minimum absolute atomic E-state index is 0.246. The molecule has 2 nitrogen and oxygen atoms in total. The van der Waals surface area contributed by atoms with Gasteiger partial charge < -0.3 is 10.1 Å². The Morgan fingerprint density at radius 2 is 1.75 bits per heavy atom. The molecule has 0 aliphatic heterocycles. The SMILES string of the molecule is CCCOc1ccc(C(P)NCc2ccccc2)cc1. The summed E-state index contributed by atoms with van der Waals surface area (Å²) in [6.45, 7) is 3.75. The van der Waals surface area contributed by atoms with Gasteiger partial charge in [0.1, 0.15) is 5.75 Å². The van der Waals surface area contributed by atoms with Crippen LogP contribution in [0.25, 0.3) is 0 Å². The second kappa shape index (κ2) is 8.04. The van der Waals surface area contributed by atoms with E-state index in [1.165, 1.54) is 11.1 Å². The first kappa shape index (κ1) is 15.0. The fourth-order valence-electron chi connectivity index (χ4n) is 1.93. The van der Waals surface area contributed by atoms with E-state index in [-0.39, 0.29) is 5.78 Å². The van der Waals surface area contributed by atoms with Crippen molar-refractivity contribution in [2.75, 3.05) is 6.61 Å². The summed E-state index contributed by atoms with van der Waals surface area (Å²) in [5, 5.41) is 3.50. The molecular weight excluding hydrogens is 265 g/mol. The van der Waals surface area contributed by atoms with Crippen molar-refractivity contribution in [2.45, 2.75) is 25.7 Å². The molecule has 0 aliphatic carbocycles. The quantitative estimate of drug-likeness (QED) is 0.773. The third-order valence-electron chi connectivity index (χ3n) is 3.08. The van der Waals surface area contributed by atoms with E-state index >= 15 is 0 Å². The van der Waals surface area contributed by atoms with Gasteiger partial charge in [-0.3, -0.25) is 0 Å². The maximum Gasteiger partial charge on any atom is 0.119 e. The number of rotatable bonds is 7. The van der Waals surface area contributed by atoms with Gasteiger partial charge in [0.2, 0.25) is 0 Å². The smallest absolute Gasteiger partial charge is 0.119 e. The zero-order valence-corrected chi connectivity index (χ0v) is 13.0. The first-order valence-electron chi connectivity index (χ1n) is 7.05. The summed E-state index contributed by atoms with van der Waals surface area (Å²) >= 11 is 0. The molecule has 0 fully saturated rings. The summed E-state index contributed by atoms with van der Waals surface area (Å²) in [7, 11) is 2.84. The molecule has 0 bridgehead atoms. The molecule has 2 rings (SSSR count). The van der Waals surface area contributed by atoms with Gasteiger partial charge in [-0.2, -0.15) is 0 Å². The molecule has 20 heavy (non-hydrogen) atoms. The maximum absolute atomic E-state index is 5.59. The second-order valence-corrected chi connectivity index (χ2v) is 5.43. The lowest BCUT2D eigenvalue weighted by Gasteiger charge is -2.15.